The molecule has 0 atom stereocenters. The highest BCUT2D eigenvalue weighted by atomic mass is 16.6. The third-order valence-electron chi connectivity index (χ3n) is 4.48. The molecule has 0 aliphatic carbocycles. The second-order valence-corrected chi connectivity index (χ2v) is 6.33. The molecular weight excluding hydrogens is 388 g/mol. The Kier molecular flexibility index (Phi) is 5.76. The van der Waals surface area contributed by atoms with Gasteiger partial charge in [0.05, 0.1) is 19.3 Å². The van der Waals surface area contributed by atoms with Gasteiger partial charge in [0.25, 0.3) is 5.89 Å². The summed E-state index contributed by atoms with van der Waals surface area (Å²) in [7, 11) is 1.56. The lowest BCUT2D eigenvalue weighted by Gasteiger charge is -2.04. The van der Waals surface area contributed by atoms with Crippen molar-refractivity contribution >= 4 is 16.9 Å². The molecule has 30 heavy (non-hydrogen) atoms. The van der Waals surface area contributed by atoms with E-state index in [9.17, 15) is 4.79 Å². The lowest BCUT2D eigenvalue weighted by atomic mass is 10.1. The first-order chi connectivity index (χ1) is 14.7. The van der Waals surface area contributed by atoms with Crippen molar-refractivity contribution in [3.63, 3.8) is 0 Å². The monoisotopic (exact) mass is 408 g/mol. The van der Waals surface area contributed by atoms with Gasteiger partial charge in [-0.2, -0.15) is 4.98 Å². The van der Waals surface area contributed by atoms with Crippen LogP contribution in [-0.2, 0) is 22.7 Å². The Morgan fingerprint density at radius 3 is 2.70 bits per heavy atom. The molecule has 0 radical (unpaired) electrons. The Hall–Kier alpha value is -3.65. The summed E-state index contributed by atoms with van der Waals surface area (Å²) in [4.78, 5) is 16.9. The average molecular weight is 408 g/mol. The van der Waals surface area contributed by atoms with E-state index in [0.29, 0.717) is 34.9 Å². The zero-order chi connectivity index (χ0) is 20.9. The van der Waals surface area contributed by atoms with Crippen molar-refractivity contribution < 1.29 is 27.9 Å². The highest BCUT2D eigenvalue weighted by Crippen LogP contribution is 2.29. The van der Waals surface area contributed by atoms with Crippen molar-refractivity contribution in [1.29, 1.82) is 0 Å². The molecule has 0 fully saturated rings. The molecule has 0 saturated heterocycles. The summed E-state index contributed by atoms with van der Waals surface area (Å²) < 4.78 is 27.1. The number of rotatable bonds is 8. The number of carbonyl (C=O) groups is 1. The van der Waals surface area contributed by atoms with Gasteiger partial charge >= 0.3 is 5.97 Å². The first-order valence-electron chi connectivity index (χ1n) is 9.42. The minimum Gasteiger partial charge on any atom is -0.496 e. The van der Waals surface area contributed by atoms with Crippen molar-refractivity contribution in [2.75, 3.05) is 13.7 Å². The summed E-state index contributed by atoms with van der Waals surface area (Å²) in [6.07, 6.45) is 0. The van der Waals surface area contributed by atoms with Crippen molar-refractivity contribution in [3.05, 3.63) is 65.7 Å². The van der Waals surface area contributed by atoms with Gasteiger partial charge in [-0.25, -0.2) is 4.79 Å². The Morgan fingerprint density at radius 2 is 1.87 bits per heavy atom. The van der Waals surface area contributed by atoms with Crippen LogP contribution in [0.4, 0.5) is 0 Å². The van der Waals surface area contributed by atoms with Gasteiger partial charge in [-0.3, -0.25) is 0 Å². The molecule has 0 amide bonds. The molecule has 4 aromatic rings. The summed E-state index contributed by atoms with van der Waals surface area (Å²) in [6.45, 7) is 2.46. The predicted molar refractivity (Wildman–Crippen MR) is 107 cm³/mol. The van der Waals surface area contributed by atoms with Gasteiger partial charge in [0.2, 0.25) is 11.6 Å². The van der Waals surface area contributed by atoms with Crippen LogP contribution in [0.3, 0.4) is 0 Å². The number of hydrogen-bond acceptors (Lipinski definition) is 8. The highest BCUT2D eigenvalue weighted by molar-refractivity contribution is 5.96. The Labute approximate surface area is 172 Å². The third-order valence-corrected chi connectivity index (χ3v) is 4.48. The number of methoxy groups -OCH3 is 1. The van der Waals surface area contributed by atoms with E-state index in [-0.39, 0.29) is 24.9 Å². The van der Waals surface area contributed by atoms with Gasteiger partial charge in [-0.1, -0.05) is 35.5 Å². The number of para-hydroxylation sites is 2. The number of hydrogen-bond donors (Lipinski definition) is 0. The van der Waals surface area contributed by atoms with Crippen molar-refractivity contribution in [1.82, 2.24) is 10.1 Å². The number of nitrogens with zero attached hydrogens (tertiary/aromatic N) is 2. The number of aromatic nitrogens is 2. The van der Waals surface area contributed by atoms with Gasteiger partial charge in [-0.15, -0.1) is 0 Å². The second-order valence-electron chi connectivity index (χ2n) is 6.33. The van der Waals surface area contributed by atoms with Crippen LogP contribution < -0.4 is 4.74 Å². The van der Waals surface area contributed by atoms with E-state index in [2.05, 4.69) is 10.1 Å². The fraction of sp³-hybridized carbons (Fsp3) is 0.227. The molecule has 0 N–H and O–H groups in total. The van der Waals surface area contributed by atoms with E-state index in [4.69, 9.17) is 23.2 Å². The Bertz CT molecular complexity index is 1160. The van der Waals surface area contributed by atoms with E-state index in [1.54, 1.807) is 19.2 Å². The van der Waals surface area contributed by atoms with Crippen LogP contribution in [0.15, 0.2) is 57.5 Å². The standard InChI is InChI=1S/C22H20N2O6/c1-3-27-12-16-14-8-4-7-11-18(14)29-20(16)22(25)28-13-19-23-21(24-30-19)15-9-5-6-10-17(15)26-2/h4-11H,3,12-13H2,1-2H3. The van der Waals surface area contributed by atoms with Crippen LogP contribution in [0.1, 0.15) is 28.9 Å². The Balaban J connectivity index is 1.51. The van der Waals surface area contributed by atoms with Crippen molar-refractivity contribution in [3.8, 4) is 17.1 Å². The maximum atomic E-state index is 12.7. The van der Waals surface area contributed by atoms with Crippen LogP contribution in [-0.4, -0.2) is 29.8 Å². The predicted octanol–water partition coefficient (Wildman–Crippen LogP) is 4.38. The molecule has 0 saturated carbocycles. The Morgan fingerprint density at radius 1 is 1.07 bits per heavy atom. The minimum atomic E-state index is -0.627. The van der Waals surface area contributed by atoms with E-state index in [1.165, 1.54) is 0 Å². The number of carbonyl (C=O) groups excluding carboxylic acids is 1. The third kappa shape index (κ3) is 3.90. The van der Waals surface area contributed by atoms with Crippen LogP contribution in [0, 0.1) is 0 Å². The van der Waals surface area contributed by atoms with Gasteiger partial charge in [0, 0.05) is 17.6 Å². The van der Waals surface area contributed by atoms with Gasteiger partial charge in [0.15, 0.2) is 6.61 Å². The molecule has 0 aliphatic heterocycles. The smallest absolute Gasteiger partial charge is 0.375 e. The van der Waals surface area contributed by atoms with Gasteiger partial charge in [-0.05, 0) is 25.1 Å². The fourth-order valence-corrected chi connectivity index (χ4v) is 3.06. The molecule has 0 aliphatic rings. The zero-order valence-electron chi connectivity index (χ0n) is 16.6. The average Bonchev–Trinajstić information content (AvgIpc) is 3.41. The molecular formula is C22H20N2O6. The largest absolute Gasteiger partial charge is 0.496 e. The van der Waals surface area contributed by atoms with Crippen LogP contribution in [0.2, 0.25) is 0 Å². The van der Waals surface area contributed by atoms with E-state index < -0.39 is 5.97 Å². The molecule has 4 rings (SSSR count). The quantitative estimate of drug-likeness (QED) is 0.396. The summed E-state index contributed by atoms with van der Waals surface area (Å²) in [6, 6.07) is 14.7. The summed E-state index contributed by atoms with van der Waals surface area (Å²) >= 11 is 0. The van der Waals surface area contributed by atoms with E-state index >= 15 is 0 Å². The maximum Gasteiger partial charge on any atom is 0.375 e. The molecule has 2 heterocycles. The van der Waals surface area contributed by atoms with E-state index in [1.807, 2.05) is 43.3 Å². The lowest BCUT2D eigenvalue weighted by Crippen LogP contribution is -2.08. The molecule has 0 bridgehead atoms. The normalized spacial score (nSPS) is 11.0. The summed E-state index contributed by atoms with van der Waals surface area (Å²) in [5.41, 5.74) is 1.92. The molecule has 2 aromatic heterocycles. The molecule has 2 aromatic carbocycles. The second kappa shape index (κ2) is 8.79. The zero-order valence-corrected chi connectivity index (χ0v) is 16.6. The number of ether oxygens (including phenoxy) is 3. The topological polar surface area (TPSA) is 96.8 Å². The number of furan rings is 1. The molecule has 8 heteroatoms. The van der Waals surface area contributed by atoms with Crippen LogP contribution in [0.25, 0.3) is 22.4 Å². The van der Waals surface area contributed by atoms with Crippen molar-refractivity contribution in [2.24, 2.45) is 0 Å². The maximum absolute atomic E-state index is 12.7. The molecule has 0 unspecified atom stereocenters. The highest BCUT2D eigenvalue weighted by Gasteiger charge is 2.23. The number of fused-ring (bicyclic) bond motifs is 1. The van der Waals surface area contributed by atoms with Gasteiger partial charge in [0.1, 0.15) is 11.3 Å². The van der Waals surface area contributed by atoms with Crippen LogP contribution in [0.5, 0.6) is 5.75 Å². The first kappa shape index (κ1) is 19.7. The minimum absolute atomic E-state index is 0.106. The SMILES string of the molecule is CCOCc1c(C(=O)OCc2nc(-c3ccccc3OC)no2)oc2ccccc12. The first-order valence-corrected chi connectivity index (χ1v) is 9.42. The van der Waals surface area contributed by atoms with Crippen molar-refractivity contribution in [2.45, 2.75) is 20.1 Å². The van der Waals surface area contributed by atoms with Crippen LogP contribution >= 0.6 is 0 Å². The van der Waals surface area contributed by atoms with E-state index in [0.717, 1.165) is 5.39 Å². The molecule has 8 nitrogen and oxygen atoms in total. The summed E-state index contributed by atoms with van der Waals surface area (Å²) in [5.74, 6) is 0.600. The number of benzene rings is 2. The molecule has 154 valence electrons. The number of esters is 1. The fourth-order valence-electron chi connectivity index (χ4n) is 3.06. The molecule has 0 spiro atoms. The lowest BCUT2D eigenvalue weighted by molar-refractivity contribution is 0.0388. The summed E-state index contributed by atoms with van der Waals surface area (Å²) in [5, 5.41) is 4.75. The van der Waals surface area contributed by atoms with Gasteiger partial charge < -0.3 is 23.2 Å².